The Morgan fingerprint density at radius 2 is 2.35 bits per heavy atom. The summed E-state index contributed by atoms with van der Waals surface area (Å²) in [6, 6.07) is 2.00. The van der Waals surface area contributed by atoms with E-state index in [9.17, 15) is 5.11 Å². The molecular weight excluding hydrogens is 212 g/mol. The Morgan fingerprint density at radius 3 is 3.00 bits per heavy atom. The number of hydrogen-bond donors (Lipinski definition) is 1. The van der Waals surface area contributed by atoms with Crippen LogP contribution in [0.4, 0.5) is 0 Å². The normalized spacial score (nSPS) is 27.0. The molecule has 3 atom stereocenters. The summed E-state index contributed by atoms with van der Waals surface area (Å²) >= 11 is 0. The van der Waals surface area contributed by atoms with Crippen LogP contribution in [0.5, 0.6) is 0 Å². The summed E-state index contributed by atoms with van der Waals surface area (Å²) in [4.78, 5) is 0. The predicted molar refractivity (Wildman–Crippen MR) is 68.7 cm³/mol. The zero-order chi connectivity index (χ0) is 12.3. The first-order valence-corrected chi connectivity index (χ1v) is 6.85. The zero-order valence-corrected chi connectivity index (χ0v) is 11.0. The maximum atomic E-state index is 10.3. The van der Waals surface area contributed by atoms with Crippen LogP contribution in [0, 0.1) is 11.8 Å². The molecule has 1 aromatic rings. The van der Waals surface area contributed by atoms with Gasteiger partial charge in [-0.3, -0.25) is 4.68 Å². The summed E-state index contributed by atoms with van der Waals surface area (Å²) < 4.78 is 1.80. The Balaban J connectivity index is 1.88. The lowest BCUT2D eigenvalue weighted by Gasteiger charge is -2.31. The summed E-state index contributed by atoms with van der Waals surface area (Å²) in [5.74, 6) is 1.31. The van der Waals surface area contributed by atoms with Gasteiger partial charge < -0.3 is 5.11 Å². The molecular formula is C14H24N2O. The fourth-order valence-corrected chi connectivity index (χ4v) is 3.01. The van der Waals surface area contributed by atoms with Crippen LogP contribution in [0.3, 0.4) is 0 Å². The number of hydrogen-bond acceptors (Lipinski definition) is 2. The number of rotatable bonds is 4. The third-order valence-corrected chi connectivity index (χ3v) is 4.13. The highest BCUT2D eigenvalue weighted by molar-refractivity contribution is 5.01. The van der Waals surface area contributed by atoms with Crippen LogP contribution in [-0.2, 0) is 13.5 Å². The van der Waals surface area contributed by atoms with E-state index < -0.39 is 0 Å². The van der Waals surface area contributed by atoms with Gasteiger partial charge >= 0.3 is 0 Å². The van der Waals surface area contributed by atoms with Gasteiger partial charge in [-0.1, -0.05) is 26.2 Å². The van der Waals surface area contributed by atoms with Gasteiger partial charge in [0.2, 0.25) is 0 Å². The molecule has 1 N–H and O–H groups in total. The van der Waals surface area contributed by atoms with E-state index in [1.54, 1.807) is 4.68 Å². The summed E-state index contributed by atoms with van der Waals surface area (Å²) in [5.41, 5.74) is 1.01. The van der Waals surface area contributed by atoms with Crippen molar-refractivity contribution in [1.29, 1.82) is 0 Å². The first-order valence-electron chi connectivity index (χ1n) is 6.85. The number of aliphatic hydroxyl groups excluding tert-OH is 1. The highest BCUT2D eigenvalue weighted by Crippen LogP contribution is 2.33. The van der Waals surface area contributed by atoms with Crippen LogP contribution >= 0.6 is 0 Å². The van der Waals surface area contributed by atoms with Gasteiger partial charge in [0.15, 0.2) is 0 Å². The van der Waals surface area contributed by atoms with E-state index in [1.165, 1.54) is 32.1 Å². The van der Waals surface area contributed by atoms with Gasteiger partial charge in [-0.15, -0.1) is 0 Å². The topological polar surface area (TPSA) is 38.0 Å². The molecule has 1 aliphatic carbocycles. The quantitative estimate of drug-likeness (QED) is 0.872. The molecule has 3 heteroatoms. The van der Waals surface area contributed by atoms with Gasteiger partial charge in [0.25, 0.3) is 0 Å². The van der Waals surface area contributed by atoms with E-state index in [2.05, 4.69) is 12.0 Å². The first kappa shape index (κ1) is 12.6. The van der Waals surface area contributed by atoms with Crippen molar-refractivity contribution in [3.8, 4) is 0 Å². The average Bonchev–Trinajstić information content (AvgIpc) is 2.75. The molecule has 3 nitrogen and oxygen atoms in total. The molecule has 1 heterocycles. The van der Waals surface area contributed by atoms with E-state index in [-0.39, 0.29) is 6.10 Å². The molecule has 0 aliphatic heterocycles. The molecule has 0 saturated heterocycles. The van der Waals surface area contributed by atoms with Crippen molar-refractivity contribution in [2.24, 2.45) is 18.9 Å². The van der Waals surface area contributed by atoms with E-state index in [0.29, 0.717) is 12.3 Å². The predicted octanol–water partition coefficient (Wildman–Crippen LogP) is 2.54. The Hall–Kier alpha value is -0.830. The van der Waals surface area contributed by atoms with Gasteiger partial charge in [-0.25, -0.2) is 0 Å². The Kier molecular flexibility index (Phi) is 4.21. The van der Waals surface area contributed by atoms with Crippen molar-refractivity contribution in [1.82, 2.24) is 9.78 Å². The number of aryl methyl sites for hydroxylation is 1. The smallest absolute Gasteiger partial charge is 0.0650 e. The van der Waals surface area contributed by atoms with Gasteiger partial charge in [0.1, 0.15) is 0 Å². The van der Waals surface area contributed by atoms with Crippen molar-refractivity contribution >= 4 is 0 Å². The van der Waals surface area contributed by atoms with E-state index in [1.807, 2.05) is 19.3 Å². The van der Waals surface area contributed by atoms with Crippen molar-refractivity contribution in [2.45, 2.75) is 51.6 Å². The van der Waals surface area contributed by atoms with E-state index >= 15 is 0 Å². The largest absolute Gasteiger partial charge is 0.392 e. The fraction of sp³-hybridized carbons (Fsp3) is 0.786. The number of aromatic nitrogens is 2. The second kappa shape index (κ2) is 5.67. The molecule has 0 aromatic carbocycles. The maximum Gasteiger partial charge on any atom is 0.0650 e. The number of aliphatic hydroxyl groups is 1. The van der Waals surface area contributed by atoms with Crippen molar-refractivity contribution < 1.29 is 5.11 Å². The summed E-state index contributed by atoms with van der Waals surface area (Å²) in [6.07, 6.45) is 8.71. The van der Waals surface area contributed by atoms with Crippen LogP contribution in [-0.4, -0.2) is 21.0 Å². The van der Waals surface area contributed by atoms with Crippen LogP contribution < -0.4 is 0 Å². The Morgan fingerprint density at radius 1 is 1.53 bits per heavy atom. The summed E-state index contributed by atoms with van der Waals surface area (Å²) in [7, 11) is 1.92. The molecule has 0 amide bonds. The summed E-state index contributed by atoms with van der Waals surface area (Å²) in [5, 5.41) is 14.6. The molecule has 1 saturated carbocycles. The van der Waals surface area contributed by atoms with Gasteiger partial charge in [0.05, 0.1) is 11.8 Å². The minimum absolute atomic E-state index is 0.209. The van der Waals surface area contributed by atoms with Crippen molar-refractivity contribution in [2.75, 3.05) is 0 Å². The molecule has 96 valence electrons. The van der Waals surface area contributed by atoms with Crippen LogP contribution in [0.15, 0.2) is 12.3 Å². The van der Waals surface area contributed by atoms with E-state index in [4.69, 9.17) is 0 Å². The molecule has 1 fully saturated rings. The fourth-order valence-electron chi connectivity index (χ4n) is 3.01. The SMILES string of the molecule is CCC1CCCC(C(O)Cc2ccn(C)n2)C1. The summed E-state index contributed by atoms with van der Waals surface area (Å²) in [6.45, 7) is 2.26. The molecule has 2 rings (SSSR count). The van der Waals surface area contributed by atoms with Gasteiger partial charge in [-0.05, 0) is 30.7 Å². The molecule has 3 unspecified atom stereocenters. The van der Waals surface area contributed by atoms with Crippen LogP contribution in [0.1, 0.15) is 44.7 Å². The second-order valence-electron chi connectivity index (χ2n) is 5.45. The lowest BCUT2D eigenvalue weighted by Crippen LogP contribution is -2.28. The zero-order valence-electron chi connectivity index (χ0n) is 11.0. The molecule has 1 aliphatic rings. The second-order valence-corrected chi connectivity index (χ2v) is 5.45. The highest BCUT2D eigenvalue weighted by atomic mass is 16.3. The third kappa shape index (κ3) is 3.32. The van der Waals surface area contributed by atoms with Crippen LogP contribution in [0.25, 0.3) is 0 Å². The lowest BCUT2D eigenvalue weighted by atomic mass is 9.77. The molecule has 0 radical (unpaired) electrons. The molecule has 0 bridgehead atoms. The van der Waals surface area contributed by atoms with Gasteiger partial charge in [-0.2, -0.15) is 5.10 Å². The average molecular weight is 236 g/mol. The van der Waals surface area contributed by atoms with E-state index in [0.717, 1.165) is 11.6 Å². The minimum atomic E-state index is -0.209. The minimum Gasteiger partial charge on any atom is -0.392 e. The third-order valence-electron chi connectivity index (χ3n) is 4.13. The Labute approximate surface area is 104 Å². The monoisotopic (exact) mass is 236 g/mol. The molecule has 17 heavy (non-hydrogen) atoms. The van der Waals surface area contributed by atoms with Crippen molar-refractivity contribution in [3.05, 3.63) is 18.0 Å². The lowest BCUT2D eigenvalue weighted by molar-refractivity contribution is 0.0677. The standard InChI is InChI=1S/C14H24N2O/c1-3-11-5-4-6-12(9-11)14(17)10-13-7-8-16(2)15-13/h7-8,11-12,14,17H,3-6,9-10H2,1-2H3. The first-order chi connectivity index (χ1) is 8.19. The maximum absolute atomic E-state index is 10.3. The van der Waals surface area contributed by atoms with Crippen LogP contribution in [0.2, 0.25) is 0 Å². The Bertz CT molecular complexity index is 348. The molecule has 1 aromatic heterocycles. The van der Waals surface area contributed by atoms with Gasteiger partial charge in [0, 0.05) is 19.7 Å². The molecule has 0 spiro atoms. The van der Waals surface area contributed by atoms with Crippen molar-refractivity contribution in [3.63, 3.8) is 0 Å². The number of nitrogens with zero attached hydrogens (tertiary/aromatic N) is 2. The highest BCUT2D eigenvalue weighted by Gasteiger charge is 2.26.